The molecule has 3 aromatic carbocycles. The number of aliphatic carboxylic acids is 1. The first-order valence-corrected chi connectivity index (χ1v) is 10.0. The second kappa shape index (κ2) is 9.01. The van der Waals surface area contributed by atoms with Crippen molar-refractivity contribution in [3.63, 3.8) is 0 Å². The number of nitrogens with zero attached hydrogens (tertiary/aromatic N) is 2. The molecule has 4 rings (SSSR count). The minimum Gasteiger partial charge on any atom is -0.497 e. The third kappa shape index (κ3) is 4.59. The Hall–Kier alpha value is -3.65. The van der Waals surface area contributed by atoms with Crippen LogP contribution in [0.3, 0.4) is 0 Å². The number of carbonyl (C=O) groups is 1. The number of ether oxygens (including phenoxy) is 2. The molecule has 1 aromatic heterocycles. The summed E-state index contributed by atoms with van der Waals surface area (Å²) in [5, 5.41) is 12.8. The van der Waals surface area contributed by atoms with E-state index in [4.69, 9.17) is 19.1 Å². The summed E-state index contributed by atoms with van der Waals surface area (Å²) in [6.07, 6.45) is 1.20. The molecule has 0 saturated carbocycles. The van der Waals surface area contributed by atoms with Crippen LogP contribution in [-0.4, -0.2) is 34.9 Å². The van der Waals surface area contributed by atoms with E-state index in [1.54, 1.807) is 19.2 Å². The van der Waals surface area contributed by atoms with Gasteiger partial charge in [0.1, 0.15) is 11.5 Å². The third-order valence-corrected chi connectivity index (χ3v) is 5.30. The fourth-order valence-electron chi connectivity index (χ4n) is 3.12. The van der Waals surface area contributed by atoms with Crippen molar-refractivity contribution in [1.82, 2.24) is 10.1 Å². The van der Waals surface area contributed by atoms with E-state index < -0.39 is 12.6 Å². The Balaban J connectivity index is 1.69. The fraction of sp³-hybridized carbons (Fsp3) is 0.0870. The highest BCUT2D eigenvalue weighted by molar-refractivity contribution is 9.10. The number of halogens is 1. The van der Waals surface area contributed by atoms with Crippen molar-refractivity contribution in [2.75, 3.05) is 13.7 Å². The van der Waals surface area contributed by atoms with Crippen LogP contribution >= 0.6 is 15.9 Å². The van der Waals surface area contributed by atoms with Crippen LogP contribution in [-0.2, 0) is 4.79 Å². The van der Waals surface area contributed by atoms with E-state index >= 15 is 0 Å². The summed E-state index contributed by atoms with van der Waals surface area (Å²) in [4.78, 5) is 15.1. The molecular weight excluding hydrogens is 464 g/mol. The van der Waals surface area contributed by atoms with E-state index in [9.17, 15) is 4.79 Å². The maximum Gasteiger partial charge on any atom is 0.341 e. The van der Waals surface area contributed by atoms with Gasteiger partial charge in [-0.1, -0.05) is 57.5 Å². The molecule has 0 aliphatic rings. The van der Waals surface area contributed by atoms with Crippen LogP contribution < -0.4 is 9.47 Å². The Bertz CT molecular complexity index is 1190. The quantitative estimate of drug-likeness (QED) is 0.383. The largest absolute Gasteiger partial charge is 0.497 e. The highest BCUT2D eigenvalue weighted by atomic mass is 79.9. The number of carboxylic acids is 1. The third-order valence-electron chi connectivity index (χ3n) is 4.64. The highest BCUT2D eigenvalue weighted by Crippen LogP contribution is 2.39. The summed E-state index contributed by atoms with van der Waals surface area (Å²) in [6, 6.07) is 19.4. The van der Waals surface area contributed by atoms with Gasteiger partial charge in [-0.2, -0.15) is 4.98 Å². The van der Waals surface area contributed by atoms with Crippen molar-refractivity contribution >= 4 is 21.9 Å². The standard InChI is InChI=1S/C23H17BrN2O5/c1-29-17-8-6-15(7-9-17)14-2-4-16(5-3-14)18-11-21(30-12-22(27)28)19(10-20(18)24)23-25-13-31-26-23/h2-11,13H,12H2,1H3,(H,27,28). The number of hydrogen-bond acceptors (Lipinski definition) is 6. The lowest BCUT2D eigenvalue weighted by atomic mass is 9.99. The van der Waals surface area contributed by atoms with E-state index in [1.165, 1.54) is 6.39 Å². The Kier molecular flexibility index (Phi) is 5.99. The minimum atomic E-state index is -1.08. The molecule has 7 nitrogen and oxygen atoms in total. The molecule has 1 N–H and O–H groups in total. The average molecular weight is 481 g/mol. The number of methoxy groups -OCH3 is 1. The van der Waals surface area contributed by atoms with E-state index in [0.29, 0.717) is 17.1 Å². The molecule has 0 amide bonds. The van der Waals surface area contributed by atoms with Crippen LogP contribution in [0.2, 0.25) is 0 Å². The van der Waals surface area contributed by atoms with Gasteiger partial charge in [0, 0.05) is 4.47 Å². The fourth-order valence-corrected chi connectivity index (χ4v) is 3.70. The molecule has 0 unspecified atom stereocenters. The van der Waals surface area contributed by atoms with Gasteiger partial charge in [0.2, 0.25) is 12.2 Å². The Morgan fingerprint density at radius 1 is 1.00 bits per heavy atom. The van der Waals surface area contributed by atoms with Gasteiger partial charge < -0.3 is 19.1 Å². The molecule has 4 aromatic rings. The second-order valence-electron chi connectivity index (χ2n) is 6.57. The number of rotatable bonds is 7. The maximum absolute atomic E-state index is 11.0. The van der Waals surface area contributed by atoms with Crippen LogP contribution in [0.4, 0.5) is 0 Å². The first-order chi connectivity index (χ1) is 15.0. The van der Waals surface area contributed by atoms with Gasteiger partial charge in [-0.25, -0.2) is 4.79 Å². The van der Waals surface area contributed by atoms with Crippen molar-refractivity contribution in [3.8, 4) is 45.1 Å². The summed E-state index contributed by atoms with van der Waals surface area (Å²) in [7, 11) is 1.64. The van der Waals surface area contributed by atoms with E-state index in [-0.39, 0.29) is 0 Å². The Labute approximate surface area is 186 Å². The lowest BCUT2D eigenvalue weighted by Gasteiger charge is -2.13. The molecule has 0 spiro atoms. The molecule has 0 saturated heterocycles. The van der Waals surface area contributed by atoms with Crippen LogP contribution in [0.1, 0.15) is 0 Å². The second-order valence-corrected chi connectivity index (χ2v) is 7.43. The predicted molar refractivity (Wildman–Crippen MR) is 118 cm³/mol. The molecule has 0 aliphatic heterocycles. The Morgan fingerprint density at radius 2 is 1.65 bits per heavy atom. The number of aromatic nitrogens is 2. The topological polar surface area (TPSA) is 94.7 Å². The summed E-state index contributed by atoms with van der Waals surface area (Å²) in [5.41, 5.74) is 4.44. The molecule has 0 aliphatic carbocycles. The SMILES string of the molecule is COc1ccc(-c2ccc(-c3cc(OCC(=O)O)c(-c4ncon4)cc3Br)cc2)cc1. The zero-order chi connectivity index (χ0) is 21.8. The monoisotopic (exact) mass is 480 g/mol. The minimum absolute atomic E-state index is 0.308. The first-order valence-electron chi connectivity index (χ1n) is 9.25. The number of hydrogen-bond donors (Lipinski definition) is 1. The van der Waals surface area contributed by atoms with Gasteiger partial charge >= 0.3 is 5.97 Å². The zero-order valence-electron chi connectivity index (χ0n) is 16.4. The molecule has 31 heavy (non-hydrogen) atoms. The lowest BCUT2D eigenvalue weighted by Crippen LogP contribution is -2.10. The molecular formula is C23H17BrN2O5. The van der Waals surface area contributed by atoms with Crippen LogP contribution in [0.5, 0.6) is 11.5 Å². The van der Waals surface area contributed by atoms with E-state index in [2.05, 4.69) is 26.1 Å². The molecule has 0 fully saturated rings. The summed E-state index contributed by atoms with van der Waals surface area (Å²) in [5.74, 6) is 0.385. The maximum atomic E-state index is 11.0. The summed E-state index contributed by atoms with van der Waals surface area (Å²) < 4.78 is 16.3. The van der Waals surface area contributed by atoms with Gasteiger partial charge in [0.05, 0.1) is 12.7 Å². The molecule has 0 radical (unpaired) electrons. The van der Waals surface area contributed by atoms with Gasteiger partial charge in [0.15, 0.2) is 6.61 Å². The van der Waals surface area contributed by atoms with Crippen molar-refractivity contribution in [2.24, 2.45) is 0 Å². The molecule has 0 atom stereocenters. The van der Waals surface area contributed by atoms with E-state index in [0.717, 1.165) is 32.5 Å². The van der Waals surface area contributed by atoms with Crippen molar-refractivity contribution < 1.29 is 23.9 Å². The van der Waals surface area contributed by atoms with E-state index in [1.807, 2.05) is 48.5 Å². The lowest BCUT2D eigenvalue weighted by molar-refractivity contribution is -0.139. The number of carboxylic acid groups (broad SMARTS) is 1. The van der Waals surface area contributed by atoms with Gasteiger partial charge in [-0.05, 0) is 46.5 Å². The van der Waals surface area contributed by atoms with Crippen molar-refractivity contribution in [2.45, 2.75) is 0 Å². The van der Waals surface area contributed by atoms with Crippen LogP contribution in [0.25, 0.3) is 33.6 Å². The molecule has 156 valence electrons. The highest BCUT2D eigenvalue weighted by Gasteiger charge is 2.17. The van der Waals surface area contributed by atoms with Gasteiger partial charge in [-0.3, -0.25) is 0 Å². The van der Waals surface area contributed by atoms with Crippen molar-refractivity contribution in [1.29, 1.82) is 0 Å². The summed E-state index contributed by atoms with van der Waals surface area (Å²) in [6.45, 7) is -0.484. The first kappa shape index (κ1) is 20.6. The molecule has 0 bridgehead atoms. The molecule has 8 heteroatoms. The zero-order valence-corrected chi connectivity index (χ0v) is 18.0. The smallest absolute Gasteiger partial charge is 0.341 e. The average Bonchev–Trinajstić information content (AvgIpc) is 3.33. The van der Waals surface area contributed by atoms with Crippen molar-refractivity contribution in [3.05, 3.63) is 71.5 Å². The predicted octanol–water partition coefficient (Wildman–Crippen LogP) is 5.31. The van der Waals surface area contributed by atoms with Crippen LogP contribution in [0, 0.1) is 0 Å². The Morgan fingerprint density at radius 3 is 2.23 bits per heavy atom. The molecule has 1 heterocycles. The van der Waals surface area contributed by atoms with Gasteiger partial charge in [0.25, 0.3) is 0 Å². The normalized spacial score (nSPS) is 10.6. The summed E-state index contributed by atoms with van der Waals surface area (Å²) >= 11 is 3.59. The van der Waals surface area contributed by atoms with Gasteiger partial charge in [-0.15, -0.1) is 0 Å². The number of benzene rings is 3. The van der Waals surface area contributed by atoms with Crippen LogP contribution in [0.15, 0.2) is 76.1 Å².